The van der Waals surface area contributed by atoms with E-state index in [1.807, 2.05) is 0 Å². The van der Waals surface area contributed by atoms with Crippen molar-refractivity contribution in [1.82, 2.24) is 9.97 Å². The molecule has 0 saturated heterocycles. The summed E-state index contributed by atoms with van der Waals surface area (Å²) in [5.41, 5.74) is 20.2. The van der Waals surface area contributed by atoms with E-state index in [0.717, 1.165) is 33.9 Å². The van der Waals surface area contributed by atoms with E-state index >= 15 is 0 Å². The van der Waals surface area contributed by atoms with Crippen molar-refractivity contribution < 1.29 is 0 Å². The predicted octanol–water partition coefficient (Wildman–Crippen LogP) is 13.3. The van der Waals surface area contributed by atoms with Crippen LogP contribution in [0.3, 0.4) is 0 Å². The number of rotatable bonds is 3. The van der Waals surface area contributed by atoms with Crippen LogP contribution in [0.25, 0.3) is 78.1 Å². The monoisotopic (exact) mass is 712 g/mol. The molecular formula is C54H36N2. The second-order valence-electron chi connectivity index (χ2n) is 16.0. The minimum atomic E-state index is -0.425. The first kappa shape index (κ1) is 31.5. The molecule has 0 unspecified atom stereocenters. The summed E-state index contributed by atoms with van der Waals surface area (Å²) in [6.45, 7) is 4.72. The van der Waals surface area contributed by atoms with Crippen LogP contribution in [0.1, 0.15) is 47.2 Å². The second kappa shape index (κ2) is 11.3. The van der Waals surface area contributed by atoms with Crippen LogP contribution < -0.4 is 0 Å². The molecule has 1 spiro atoms. The number of aromatic nitrogens is 2. The van der Waals surface area contributed by atoms with Gasteiger partial charge >= 0.3 is 0 Å². The summed E-state index contributed by atoms with van der Waals surface area (Å²) in [5, 5.41) is 2.52. The SMILES string of the molecule is CC1(C)c2cc3ccccc3cc2-c2c(-c3cc(-c4cccc5c4-c4ccccc4C54c5ccccc5-c5ccccc54)nc(-c4ccccc4)n3)cccc21. The average Bonchev–Trinajstić information content (AvgIpc) is 3.81. The Morgan fingerprint density at radius 1 is 0.339 bits per heavy atom. The molecule has 0 saturated carbocycles. The molecule has 56 heavy (non-hydrogen) atoms. The Morgan fingerprint density at radius 3 is 1.45 bits per heavy atom. The fraction of sp³-hybridized carbons (Fsp3) is 0.0741. The van der Waals surface area contributed by atoms with Gasteiger partial charge in [0.25, 0.3) is 0 Å². The van der Waals surface area contributed by atoms with Gasteiger partial charge in [-0.15, -0.1) is 0 Å². The van der Waals surface area contributed by atoms with Crippen molar-refractivity contribution in [3.8, 4) is 67.3 Å². The van der Waals surface area contributed by atoms with Gasteiger partial charge in [-0.25, -0.2) is 9.97 Å². The van der Waals surface area contributed by atoms with Crippen molar-refractivity contribution in [2.75, 3.05) is 0 Å². The normalized spacial score (nSPS) is 14.5. The molecule has 0 aliphatic heterocycles. The van der Waals surface area contributed by atoms with Gasteiger partial charge in [0.1, 0.15) is 0 Å². The maximum atomic E-state index is 5.45. The van der Waals surface area contributed by atoms with Gasteiger partial charge in [-0.1, -0.05) is 178 Å². The molecule has 0 amide bonds. The van der Waals surface area contributed by atoms with Crippen molar-refractivity contribution in [2.24, 2.45) is 0 Å². The summed E-state index contributed by atoms with van der Waals surface area (Å²) in [6.07, 6.45) is 0. The smallest absolute Gasteiger partial charge is 0.160 e. The Bertz CT molecular complexity index is 3070. The topological polar surface area (TPSA) is 25.8 Å². The molecule has 0 fully saturated rings. The number of hydrogen-bond acceptors (Lipinski definition) is 2. The molecule has 1 aromatic heterocycles. The van der Waals surface area contributed by atoms with Gasteiger partial charge in [-0.3, -0.25) is 0 Å². The number of nitrogens with zero attached hydrogens (tertiary/aromatic N) is 2. The average molecular weight is 713 g/mol. The van der Waals surface area contributed by atoms with E-state index in [0.29, 0.717) is 0 Å². The highest BCUT2D eigenvalue weighted by Gasteiger charge is 2.52. The number of hydrogen-bond donors (Lipinski definition) is 0. The number of fused-ring (bicyclic) bond motifs is 14. The van der Waals surface area contributed by atoms with Crippen LogP contribution in [0.4, 0.5) is 0 Å². The van der Waals surface area contributed by atoms with Crippen LogP contribution in [0.2, 0.25) is 0 Å². The van der Waals surface area contributed by atoms with Gasteiger partial charge in [0, 0.05) is 22.1 Å². The summed E-state index contributed by atoms with van der Waals surface area (Å²) < 4.78 is 0. The Balaban J connectivity index is 1.14. The van der Waals surface area contributed by atoms with Crippen LogP contribution in [-0.2, 0) is 10.8 Å². The summed E-state index contributed by atoms with van der Waals surface area (Å²) in [6, 6.07) is 66.8. The second-order valence-corrected chi connectivity index (χ2v) is 16.0. The van der Waals surface area contributed by atoms with Crippen LogP contribution >= 0.6 is 0 Å². The first-order valence-electron chi connectivity index (χ1n) is 19.6. The van der Waals surface area contributed by atoms with Crippen molar-refractivity contribution in [1.29, 1.82) is 0 Å². The van der Waals surface area contributed by atoms with Gasteiger partial charge < -0.3 is 0 Å². The zero-order valence-corrected chi connectivity index (χ0v) is 31.2. The molecule has 0 bridgehead atoms. The lowest BCUT2D eigenvalue weighted by molar-refractivity contribution is 0.661. The van der Waals surface area contributed by atoms with Crippen LogP contribution in [0.15, 0.2) is 182 Å². The van der Waals surface area contributed by atoms with Crippen molar-refractivity contribution in [3.63, 3.8) is 0 Å². The fourth-order valence-corrected chi connectivity index (χ4v) is 10.5. The minimum Gasteiger partial charge on any atom is -0.228 e. The minimum absolute atomic E-state index is 0.158. The summed E-state index contributed by atoms with van der Waals surface area (Å²) in [7, 11) is 0. The first-order chi connectivity index (χ1) is 27.5. The van der Waals surface area contributed by atoms with Crippen LogP contribution in [-0.4, -0.2) is 9.97 Å². The molecule has 9 aromatic rings. The third-order valence-electron chi connectivity index (χ3n) is 12.9. The molecule has 1 heterocycles. The van der Waals surface area contributed by atoms with E-state index in [-0.39, 0.29) is 5.41 Å². The van der Waals surface area contributed by atoms with Crippen molar-refractivity contribution >= 4 is 10.8 Å². The molecule has 0 radical (unpaired) electrons. The standard InChI is InChI=1S/C54H36N2/c1-53(2)45-28-14-23-40(51(45)41-30-34-18-6-7-19-35(34)31-47(41)53)49-32-48(55-52(56-49)33-16-4-3-5-17-33)39-24-15-29-46-50(39)38-22-10-13-27-44(38)54(46)42-25-11-8-20-36(42)37-21-9-12-26-43(37)54/h3-32H,1-2H3. The largest absolute Gasteiger partial charge is 0.228 e. The van der Waals surface area contributed by atoms with Crippen LogP contribution in [0, 0.1) is 0 Å². The van der Waals surface area contributed by atoms with E-state index in [2.05, 4.69) is 196 Å². The Kier molecular flexibility index (Phi) is 6.36. The first-order valence-corrected chi connectivity index (χ1v) is 19.6. The highest BCUT2D eigenvalue weighted by molar-refractivity contribution is 6.01. The van der Waals surface area contributed by atoms with Crippen molar-refractivity contribution in [3.05, 3.63) is 215 Å². The fourth-order valence-electron chi connectivity index (χ4n) is 10.5. The van der Waals surface area contributed by atoms with Crippen molar-refractivity contribution in [2.45, 2.75) is 24.7 Å². The Labute approximate surface area is 326 Å². The lowest BCUT2D eigenvalue weighted by Gasteiger charge is -2.30. The van der Waals surface area contributed by atoms with E-state index in [1.54, 1.807) is 0 Å². The lowest BCUT2D eigenvalue weighted by atomic mass is 9.70. The molecule has 12 rings (SSSR count). The molecule has 0 atom stereocenters. The third kappa shape index (κ3) is 4.06. The summed E-state index contributed by atoms with van der Waals surface area (Å²) in [4.78, 5) is 10.9. The molecule has 8 aromatic carbocycles. The molecule has 2 heteroatoms. The zero-order chi connectivity index (χ0) is 37.2. The van der Waals surface area contributed by atoms with Gasteiger partial charge in [-0.05, 0) is 95.7 Å². The highest BCUT2D eigenvalue weighted by Crippen LogP contribution is 2.64. The molecule has 262 valence electrons. The predicted molar refractivity (Wildman–Crippen MR) is 230 cm³/mol. The summed E-state index contributed by atoms with van der Waals surface area (Å²) in [5.74, 6) is 0.724. The molecular weight excluding hydrogens is 677 g/mol. The molecule has 3 aliphatic rings. The Hall–Kier alpha value is -6.90. The molecule has 2 nitrogen and oxygen atoms in total. The maximum absolute atomic E-state index is 5.45. The highest BCUT2D eigenvalue weighted by atomic mass is 14.9. The molecule has 0 N–H and O–H groups in total. The number of benzene rings is 8. The Morgan fingerprint density at radius 2 is 0.804 bits per heavy atom. The lowest BCUT2D eigenvalue weighted by Crippen LogP contribution is -2.25. The van der Waals surface area contributed by atoms with E-state index in [4.69, 9.17) is 9.97 Å². The van der Waals surface area contributed by atoms with E-state index < -0.39 is 5.41 Å². The van der Waals surface area contributed by atoms with E-state index in [9.17, 15) is 0 Å². The quantitative estimate of drug-likeness (QED) is 0.182. The van der Waals surface area contributed by atoms with Gasteiger partial charge in [0.2, 0.25) is 0 Å². The maximum Gasteiger partial charge on any atom is 0.160 e. The van der Waals surface area contributed by atoms with Gasteiger partial charge in [0.15, 0.2) is 5.82 Å². The van der Waals surface area contributed by atoms with E-state index in [1.165, 1.54) is 77.5 Å². The van der Waals surface area contributed by atoms with Gasteiger partial charge in [-0.2, -0.15) is 0 Å². The molecule has 3 aliphatic carbocycles. The van der Waals surface area contributed by atoms with Crippen LogP contribution in [0.5, 0.6) is 0 Å². The van der Waals surface area contributed by atoms with Gasteiger partial charge in [0.05, 0.1) is 16.8 Å². The third-order valence-corrected chi connectivity index (χ3v) is 12.9. The summed E-state index contributed by atoms with van der Waals surface area (Å²) >= 11 is 0. The zero-order valence-electron chi connectivity index (χ0n) is 31.2.